The molecule has 1 aliphatic rings. The first kappa shape index (κ1) is 19.7. The molecule has 0 aliphatic carbocycles. The van der Waals surface area contributed by atoms with Crippen molar-refractivity contribution in [2.24, 2.45) is 0 Å². The SMILES string of the molecule is O=C1Nc2ccc(Cl)cc2C(CN(C(=O)O)c2cccc(F)c2)(C(F)(F)F)O1. The third kappa shape index (κ3) is 3.42. The van der Waals surface area contributed by atoms with Gasteiger partial charge in [-0.3, -0.25) is 10.2 Å². The molecular weight excluding hydrogens is 408 g/mol. The molecule has 0 bridgehead atoms. The summed E-state index contributed by atoms with van der Waals surface area (Å²) in [4.78, 5) is 23.7. The van der Waals surface area contributed by atoms with E-state index in [-0.39, 0.29) is 21.3 Å². The van der Waals surface area contributed by atoms with Gasteiger partial charge in [-0.2, -0.15) is 13.2 Å². The molecule has 0 radical (unpaired) electrons. The summed E-state index contributed by atoms with van der Waals surface area (Å²) in [6.07, 6.45) is -8.44. The van der Waals surface area contributed by atoms with Gasteiger partial charge in [-0.05, 0) is 36.4 Å². The molecule has 28 heavy (non-hydrogen) atoms. The second-order valence-electron chi connectivity index (χ2n) is 5.88. The Morgan fingerprint density at radius 1 is 1.25 bits per heavy atom. The topological polar surface area (TPSA) is 78.9 Å². The number of cyclic esters (lactones) is 1. The number of anilines is 2. The van der Waals surface area contributed by atoms with Crippen molar-refractivity contribution in [1.29, 1.82) is 0 Å². The molecule has 1 unspecified atom stereocenters. The van der Waals surface area contributed by atoms with E-state index in [0.29, 0.717) is 0 Å². The summed E-state index contributed by atoms with van der Waals surface area (Å²) >= 11 is 5.81. The second-order valence-corrected chi connectivity index (χ2v) is 6.31. The zero-order valence-corrected chi connectivity index (χ0v) is 14.5. The average Bonchev–Trinajstić information content (AvgIpc) is 2.58. The first-order valence-corrected chi connectivity index (χ1v) is 8.04. The maximum atomic E-state index is 14.2. The summed E-state index contributed by atoms with van der Waals surface area (Å²) in [5.41, 5.74) is -4.54. The fraction of sp³-hybridized carbons (Fsp3) is 0.176. The van der Waals surface area contributed by atoms with Gasteiger partial charge in [-0.1, -0.05) is 17.7 Å². The first-order valence-electron chi connectivity index (χ1n) is 7.66. The number of benzene rings is 2. The van der Waals surface area contributed by atoms with E-state index >= 15 is 0 Å². The maximum Gasteiger partial charge on any atom is 0.434 e. The molecule has 0 aromatic heterocycles. The number of carboxylic acid groups (broad SMARTS) is 1. The minimum atomic E-state index is -5.22. The lowest BCUT2D eigenvalue weighted by molar-refractivity contribution is -0.260. The zero-order valence-electron chi connectivity index (χ0n) is 13.8. The smallest absolute Gasteiger partial charge is 0.434 e. The Labute approximate surface area is 160 Å². The molecule has 6 nitrogen and oxygen atoms in total. The predicted molar refractivity (Wildman–Crippen MR) is 91.1 cm³/mol. The van der Waals surface area contributed by atoms with Crippen LogP contribution in [0, 0.1) is 5.82 Å². The Morgan fingerprint density at radius 2 is 1.96 bits per heavy atom. The number of halogens is 5. The number of fused-ring (bicyclic) bond motifs is 1. The molecule has 0 spiro atoms. The van der Waals surface area contributed by atoms with Crippen LogP contribution in [-0.4, -0.2) is 30.0 Å². The van der Waals surface area contributed by atoms with Crippen molar-refractivity contribution < 1.29 is 37.0 Å². The fourth-order valence-electron chi connectivity index (χ4n) is 2.86. The number of nitrogens with one attached hydrogen (secondary N) is 1. The van der Waals surface area contributed by atoms with Gasteiger partial charge >= 0.3 is 18.4 Å². The maximum absolute atomic E-state index is 14.2. The summed E-state index contributed by atoms with van der Waals surface area (Å²) in [6.45, 7) is -1.37. The highest BCUT2D eigenvalue weighted by molar-refractivity contribution is 6.30. The Balaban J connectivity index is 2.20. The van der Waals surface area contributed by atoms with Crippen LogP contribution in [0.15, 0.2) is 42.5 Å². The minimum absolute atomic E-state index is 0.0836. The summed E-state index contributed by atoms with van der Waals surface area (Å²) in [5.74, 6) is -0.851. The lowest BCUT2D eigenvalue weighted by Gasteiger charge is -2.41. The zero-order chi connectivity index (χ0) is 20.7. The van der Waals surface area contributed by atoms with Gasteiger partial charge in [0.2, 0.25) is 0 Å². The van der Waals surface area contributed by atoms with E-state index < -0.39 is 41.9 Å². The van der Waals surface area contributed by atoms with Crippen LogP contribution in [0.4, 0.5) is 38.5 Å². The van der Waals surface area contributed by atoms with Gasteiger partial charge in [0.1, 0.15) is 5.82 Å². The van der Waals surface area contributed by atoms with Gasteiger partial charge in [-0.25, -0.2) is 14.0 Å². The van der Waals surface area contributed by atoms with E-state index in [4.69, 9.17) is 11.6 Å². The molecule has 148 valence electrons. The van der Waals surface area contributed by atoms with Crippen molar-refractivity contribution in [3.63, 3.8) is 0 Å². The van der Waals surface area contributed by atoms with Crippen molar-refractivity contribution in [3.8, 4) is 0 Å². The number of hydrogen-bond donors (Lipinski definition) is 2. The molecule has 1 aliphatic heterocycles. The number of alkyl halides is 3. The Bertz CT molecular complexity index is 953. The first-order chi connectivity index (χ1) is 13.0. The summed E-state index contributed by atoms with van der Waals surface area (Å²) in [6, 6.07) is 7.34. The number of ether oxygens (including phenoxy) is 1. The molecule has 1 heterocycles. The molecule has 3 rings (SSSR count). The Morgan fingerprint density at radius 3 is 2.57 bits per heavy atom. The highest BCUT2D eigenvalue weighted by Gasteiger charge is 2.63. The number of carbonyl (C=O) groups is 2. The monoisotopic (exact) mass is 418 g/mol. The quantitative estimate of drug-likeness (QED) is 0.689. The molecular formula is C17H11ClF4N2O4. The van der Waals surface area contributed by atoms with Crippen molar-refractivity contribution in [3.05, 3.63) is 58.9 Å². The van der Waals surface area contributed by atoms with Crippen LogP contribution in [0.3, 0.4) is 0 Å². The van der Waals surface area contributed by atoms with E-state index in [1.54, 1.807) is 0 Å². The van der Waals surface area contributed by atoms with Gasteiger partial charge in [0.05, 0.1) is 17.9 Å². The minimum Gasteiger partial charge on any atom is -0.465 e. The number of nitrogens with zero attached hydrogens (tertiary/aromatic N) is 1. The predicted octanol–water partition coefficient (Wildman–Crippen LogP) is 4.98. The van der Waals surface area contributed by atoms with E-state index in [9.17, 15) is 32.3 Å². The standard InChI is InChI=1S/C17H11ClF4N2O4/c18-9-4-5-13-12(6-9)16(17(20,21)22,28-14(25)23-13)8-24(15(26)27)11-3-1-2-10(19)7-11/h1-7H,8H2,(H,23,25)(H,26,27). The molecule has 11 heteroatoms. The van der Waals surface area contributed by atoms with Crippen molar-refractivity contribution in [2.75, 3.05) is 16.8 Å². The molecule has 0 fully saturated rings. The number of hydrogen-bond acceptors (Lipinski definition) is 3. The number of amides is 2. The van der Waals surface area contributed by atoms with Gasteiger partial charge in [0.25, 0.3) is 5.60 Å². The third-order valence-electron chi connectivity index (χ3n) is 4.11. The van der Waals surface area contributed by atoms with Crippen molar-refractivity contribution in [2.45, 2.75) is 11.8 Å². The van der Waals surface area contributed by atoms with Gasteiger partial charge < -0.3 is 9.84 Å². The van der Waals surface area contributed by atoms with E-state index in [1.807, 2.05) is 0 Å². The highest BCUT2D eigenvalue weighted by atomic mass is 35.5. The van der Waals surface area contributed by atoms with Crippen LogP contribution in [0.5, 0.6) is 0 Å². The molecule has 1 atom stereocenters. The Kier molecular flexibility index (Phi) is 4.84. The van der Waals surface area contributed by atoms with Crippen LogP contribution >= 0.6 is 11.6 Å². The second kappa shape index (κ2) is 6.86. The van der Waals surface area contributed by atoms with E-state index in [0.717, 1.165) is 36.4 Å². The highest BCUT2D eigenvalue weighted by Crippen LogP contribution is 2.49. The molecule has 0 saturated carbocycles. The Hall–Kier alpha value is -3.01. The summed E-state index contributed by atoms with van der Waals surface area (Å²) in [5, 5.41) is 11.5. The molecule has 0 saturated heterocycles. The van der Waals surface area contributed by atoms with Gasteiger partial charge in [0, 0.05) is 10.6 Å². The number of rotatable bonds is 3. The largest absolute Gasteiger partial charge is 0.465 e. The van der Waals surface area contributed by atoms with Crippen LogP contribution in [-0.2, 0) is 10.3 Å². The van der Waals surface area contributed by atoms with E-state index in [2.05, 4.69) is 10.1 Å². The van der Waals surface area contributed by atoms with Crippen molar-refractivity contribution in [1.82, 2.24) is 0 Å². The van der Waals surface area contributed by atoms with Gasteiger partial charge in [-0.15, -0.1) is 0 Å². The van der Waals surface area contributed by atoms with E-state index in [1.165, 1.54) is 6.07 Å². The molecule has 2 N–H and O–H groups in total. The molecule has 2 aromatic rings. The normalized spacial score (nSPS) is 18.7. The van der Waals surface area contributed by atoms with Crippen molar-refractivity contribution >= 4 is 35.2 Å². The number of carbonyl (C=O) groups excluding carboxylic acids is 1. The summed E-state index contributed by atoms with van der Waals surface area (Å²) < 4.78 is 60.6. The summed E-state index contributed by atoms with van der Waals surface area (Å²) in [7, 11) is 0. The van der Waals surface area contributed by atoms with Crippen LogP contribution < -0.4 is 10.2 Å². The van der Waals surface area contributed by atoms with Crippen LogP contribution in [0.1, 0.15) is 5.56 Å². The van der Waals surface area contributed by atoms with Crippen LogP contribution in [0.25, 0.3) is 0 Å². The molecule has 2 amide bonds. The lowest BCUT2D eigenvalue weighted by Crippen LogP contribution is -2.57. The molecule has 2 aromatic carbocycles. The van der Waals surface area contributed by atoms with Crippen LogP contribution in [0.2, 0.25) is 5.02 Å². The average molecular weight is 419 g/mol. The lowest BCUT2D eigenvalue weighted by atomic mass is 9.89. The fourth-order valence-corrected chi connectivity index (χ4v) is 3.03. The van der Waals surface area contributed by atoms with Gasteiger partial charge in [0.15, 0.2) is 0 Å². The third-order valence-corrected chi connectivity index (χ3v) is 4.34.